The molecule has 0 saturated heterocycles. The second-order valence-corrected chi connectivity index (χ2v) is 3.03. The molecule has 1 heteroatoms. The average molecular weight is 155 g/mol. The normalized spacial score (nSPS) is 12.0. The lowest BCUT2D eigenvalue weighted by molar-refractivity contribution is 0.629. The van der Waals surface area contributed by atoms with Gasteiger partial charge in [0.05, 0.1) is 0 Å². The zero-order valence-corrected chi connectivity index (χ0v) is 7.90. The van der Waals surface area contributed by atoms with Gasteiger partial charge in [-0.25, -0.2) is 0 Å². The topological polar surface area (TPSA) is 26.0 Å². The minimum atomic E-state index is 1.04. The van der Waals surface area contributed by atoms with Crippen molar-refractivity contribution in [3.8, 4) is 0 Å². The van der Waals surface area contributed by atoms with Crippen LogP contribution in [0.25, 0.3) is 0 Å². The first-order valence-electron chi connectivity index (χ1n) is 4.72. The molecular weight excluding hydrogens is 134 g/mol. The third-order valence-corrected chi connectivity index (χ3v) is 1.94. The molecule has 0 fully saturated rings. The van der Waals surface area contributed by atoms with E-state index in [2.05, 4.69) is 6.92 Å². The van der Waals surface area contributed by atoms with Gasteiger partial charge in [-0.2, -0.15) is 0 Å². The molecule has 0 unspecified atom stereocenters. The molecule has 0 bridgehead atoms. The first-order chi connectivity index (χ1) is 5.31. The molecule has 0 spiro atoms. The van der Waals surface area contributed by atoms with Crippen LogP contribution in [0.5, 0.6) is 0 Å². The standard InChI is InChI=1S/C10H21N/c1-3-5-6-7-8-9-10(11)4-2/h4H,3,5-9,11H2,1-2H3/b10-4-. The first kappa shape index (κ1) is 10.5. The Balaban J connectivity index is 3.02. The van der Waals surface area contributed by atoms with Gasteiger partial charge in [0, 0.05) is 5.70 Å². The largest absolute Gasteiger partial charge is 0.402 e. The van der Waals surface area contributed by atoms with E-state index in [1.54, 1.807) is 0 Å². The summed E-state index contributed by atoms with van der Waals surface area (Å²) in [5.41, 5.74) is 6.69. The monoisotopic (exact) mass is 155 g/mol. The van der Waals surface area contributed by atoms with Gasteiger partial charge in [-0.05, 0) is 19.8 Å². The van der Waals surface area contributed by atoms with Crippen molar-refractivity contribution < 1.29 is 0 Å². The number of hydrogen-bond acceptors (Lipinski definition) is 1. The summed E-state index contributed by atoms with van der Waals surface area (Å²) in [6.45, 7) is 4.24. The third kappa shape index (κ3) is 7.44. The van der Waals surface area contributed by atoms with E-state index in [1.165, 1.54) is 32.1 Å². The minimum absolute atomic E-state index is 1.04. The molecule has 11 heavy (non-hydrogen) atoms. The quantitative estimate of drug-likeness (QED) is 0.586. The molecule has 0 aromatic rings. The maximum absolute atomic E-state index is 5.65. The number of nitrogens with two attached hydrogens (primary N) is 1. The molecule has 0 aromatic heterocycles. The van der Waals surface area contributed by atoms with E-state index in [4.69, 9.17) is 5.73 Å². The molecule has 0 atom stereocenters. The Morgan fingerprint density at radius 3 is 2.36 bits per heavy atom. The molecule has 0 aliphatic rings. The SMILES string of the molecule is C/C=C(\N)CCCCCCC. The van der Waals surface area contributed by atoms with Crippen LogP contribution in [-0.2, 0) is 0 Å². The van der Waals surface area contributed by atoms with Gasteiger partial charge < -0.3 is 5.73 Å². The Kier molecular flexibility index (Phi) is 7.33. The number of allylic oxidation sites excluding steroid dienone is 2. The Morgan fingerprint density at radius 2 is 1.82 bits per heavy atom. The lowest BCUT2D eigenvalue weighted by Gasteiger charge is -1.99. The van der Waals surface area contributed by atoms with E-state index in [1.807, 2.05) is 13.0 Å². The Morgan fingerprint density at radius 1 is 1.18 bits per heavy atom. The summed E-state index contributed by atoms with van der Waals surface area (Å²) in [5, 5.41) is 0. The maximum atomic E-state index is 5.65. The fourth-order valence-corrected chi connectivity index (χ4v) is 1.08. The zero-order valence-electron chi connectivity index (χ0n) is 7.90. The van der Waals surface area contributed by atoms with Crippen LogP contribution in [-0.4, -0.2) is 0 Å². The highest BCUT2D eigenvalue weighted by atomic mass is 14.6. The summed E-state index contributed by atoms with van der Waals surface area (Å²) < 4.78 is 0. The molecule has 0 radical (unpaired) electrons. The molecular formula is C10H21N. The van der Waals surface area contributed by atoms with Crippen molar-refractivity contribution in [1.29, 1.82) is 0 Å². The van der Waals surface area contributed by atoms with Crippen LogP contribution >= 0.6 is 0 Å². The third-order valence-electron chi connectivity index (χ3n) is 1.94. The highest BCUT2D eigenvalue weighted by Crippen LogP contribution is 2.07. The van der Waals surface area contributed by atoms with Crippen molar-refractivity contribution in [2.45, 2.75) is 52.4 Å². The van der Waals surface area contributed by atoms with E-state index in [9.17, 15) is 0 Å². The van der Waals surface area contributed by atoms with E-state index >= 15 is 0 Å². The van der Waals surface area contributed by atoms with Crippen LogP contribution in [0.15, 0.2) is 11.8 Å². The summed E-state index contributed by atoms with van der Waals surface area (Å²) in [6, 6.07) is 0. The lowest BCUT2D eigenvalue weighted by atomic mass is 10.1. The van der Waals surface area contributed by atoms with Crippen molar-refractivity contribution in [3.05, 3.63) is 11.8 Å². The minimum Gasteiger partial charge on any atom is -0.402 e. The summed E-state index contributed by atoms with van der Waals surface area (Å²) >= 11 is 0. The van der Waals surface area contributed by atoms with Crippen LogP contribution in [0.4, 0.5) is 0 Å². The van der Waals surface area contributed by atoms with Crippen molar-refractivity contribution >= 4 is 0 Å². The van der Waals surface area contributed by atoms with Crippen LogP contribution in [0.3, 0.4) is 0 Å². The Hall–Kier alpha value is -0.460. The number of rotatable bonds is 6. The molecule has 0 saturated carbocycles. The molecule has 0 aliphatic carbocycles. The Bertz CT molecular complexity index is 105. The van der Waals surface area contributed by atoms with Gasteiger partial charge in [-0.1, -0.05) is 38.7 Å². The molecule has 1 nitrogen and oxygen atoms in total. The van der Waals surface area contributed by atoms with Gasteiger partial charge in [-0.15, -0.1) is 0 Å². The van der Waals surface area contributed by atoms with Crippen LogP contribution in [0.1, 0.15) is 52.4 Å². The van der Waals surface area contributed by atoms with Crippen molar-refractivity contribution in [2.75, 3.05) is 0 Å². The van der Waals surface area contributed by atoms with E-state index < -0.39 is 0 Å². The summed E-state index contributed by atoms with van der Waals surface area (Å²) in [7, 11) is 0. The summed E-state index contributed by atoms with van der Waals surface area (Å²) in [4.78, 5) is 0. The number of hydrogen-bond donors (Lipinski definition) is 1. The van der Waals surface area contributed by atoms with Gasteiger partial charge in [0.25, 0.3) is 0 Å². The molecule has 0 rings (SSSR count). The number of unbranched alkanes of at least 4 members (excludes halogenated alkanes) is 4. The van der Waals surface area contributed by atoms with Crippen molar-refractivity contribution in [2.24, 2.45) is 5.73 Å². The van der Waals surface area contributed by atoms with Crippen molar-refractivity contribution in [1.82, 2.24) is 0 Å². The summed E-state index contributed by atoms with van der Waals surface area (Å²) in [6.07, 6.45) is 9.74. The fourth-order valence-electron chi connectivity index (χ4n) is 1.08. The summed E-state index contributed by atoms with van der Waals surface area (Å²) in [5.74, 6) is 0. The lowest BCUT2D eigenvalue weighted by Crippen LogP contribution is -1.95. The fraction of sp³-hybridized carbons (Fsp3) is 0.800. The second-order valence-electron chi connectivity index (χ2n) is 3.03. The van der Waals surface area contributed by atoms with Gasteiger partial charge >= 0.3 is 0 Å². The van der Waals surface area contributed by atoms with Crippen LogP contribution < -0.4 is 5.73 Å². The van der Waals surface area contributed by atoms with Gasteiger partial charge in [0.2, 0.25) is 0 Å². The molecule has 0 amide bonds. The van der Waals surface area contributed by atoms with E-state index in [-0.39, 0.29) is 0 Å². The van der Waals surface area contributed by atoms with E-state index in [0.717, 1.165) is 12.1 Å². The second kappa shape index (κ2) is 7.64. The van der Waals surface area contributed by atoms with Gasteiger partial charge in [-0.3, -0.25) is 0 Å². The van der Waals surface area contributed by atoms with Crippen LogP contribution in [0, 0.1) is 0 Å². The van der Waals surface area contributed by atoms with Crippen LogP contribution in [0.2, 0.25) is 0 Å². The van der Waals surface area contributed by atoms with Crippen molar-refractivity contribution in [3.63, 3.8) is 0 Å². The molecule has 0 aromatic carbocycles. The smallest absolute Gasteiger partial charge is 0.00371 e. The predicted molar refractivity (Wildman–Crippen MR) is 51.3 cm³/mol. The van der Waals surface area contributed by atoms with Gasteiger partial charge in [0.1, 0.15) is 0 Å². The molecule has 0 heterocycles. The highest BCUT2D eigenvalue weighted by molar-refractivity contribution is 4.92. The first-order valence-corrected chi connectivity index (χ1v) is 4.72. The Labute approximate surface area is 70.7 Å². The maximum Gasteiger partial charge on any atom is 0.00371 e. The average Bonchev–Trinajstić information content (AvgIpc) is 2.04. The van der Waals surface area contributed by atoms with Gasteiger partial charge in [0.15, 0.2) is 0 Å². The molecule has 0 aliphatic heterocycles. The predicted octanol–water partition coefficient (Wildman–Crippen LogP) is 3.21. The highest BCUT2D eigenvalue weighted by Gasteiger charge is 1.90. The zero-order chi connectivity index (χ0) is 8.53. The molecule has 66 valence electrons. The van der Waals surface area contributed by atoms with E-state index in [0.29, 0.717) is 0 Å². The molecule has 2 N–H and O–H groups in total.